The normalized spacial score (nSPS) is 12.2. The molecule has 0 radical (unpaired) electrons. The second-order valence-corrected chi connectivity index (χ2v) is 6.41. The van der Waals surface area contributed by atoms with E-state index in [2.05, 4.69) is 17.2 Å². The average Bonchev–Trinajstić information content (AvgIpc) is 2.66. The maximum Gasteiger partial charge on any atom is 0.416 e. The zero-order valence-electron chi connectivity index (χ0n) is 15.4. The van der Waals surface area contributed by atoms with Gasteiger partial charge < -0.3 is 5.32 Å². The zero-order chi connectivity index (χ0) is 20.3. The Morgan fingerprint density at radius 1 is 1.04 bits per heavy atom. The molecule has 5 heteroatoms. The van der Waals surface area contributed by atoms with E-state index < -0.39 is 11.7 Å². The largest absolute Gasteiger partial charge is 0.416 e. The summed E-state index contributed by atoms with van der Waals surface area (Å²) in [5, 5.41) is 4.50. The minimum Gasteiger partial charge on any atom is -0.339 e. The number of nitrogens with one attached hydrogen (secondary N) is 1. The standard InChI is InChI=1S/C23H18F3NO/c1-3-5-15(2)27-22(28)18-10-13-21-17(14-18)6-4-7-20(21)16-8-11-19(12-9-16)23(24,25)26/h4,6-15H,1-2H3,(H,27,28). The maximum atomic E-state index is 12.8. The summed E-state index contributed by atoms with van der Waals surface area (Å²) in [6, 6.07) is 15.6. The Labute approximate surface area is 161 Å². The lowest BCUT2D eigenvalue weighted by Crippen LogP contribution is -2.31. The van der Waals surface area contributed by atoms with Crippen LogP contribution in [-0.4, -0.2) is 11.9 Å². The molecule has 0 bridgehead atoms. The van der Waals surface area contributed by atoms with Crippen LogP contribution in [0.2, 0.25) is 0 Å². The first-order chi connectivity index (χ1) is 13.3. The Bertz CT molecular complexity index is 1070. The Hall–Kier alpha value is -3.26. The molecule has 3 rings (SSSR count). The van der Waals surface area contributed by atoms with Crippen molar-refractivity contribution < 1.29 is 18.0 Å². The number of benzene rings is 3. The summed E-state index contributed by atoms with van der Waals surface area (Å²) in [5.74, 6) is 5.40. The Balaban J connectivity index is 1.95. The lowest BCUT2D eigenvalue weighted by Gasteiger charge is -2.12. The van der Waals surface area contributed by atoms with Gasteiger partial charge in [-0.25, -0.2) is 0 Å². The van der Waals surface area contributed by atoms with Gasteiger partial charge in [-0.3, -0.25) is 4.79 Å². The lowest BCUT2D eigenvalue weighted by atomic mass is 9.96. The smallest absolute Gasteiger partial charge is 0.339 e. The van der Waals surface area contributed by atoms with Crippen molar-refractivity contribution in [3.8, 4) is 23.0 Å². The molecule has 0 saturated heterocycles. The van der Waals surface area contributed by atoms with Crippen molar-refractivity contribution in [3.63, 3.8) is 0 Å². The Kier molecular flexibility index (Phi) is 5.41. The number of amides is 1. The first-order valence-electron chi connectivity index (χ1n) is 8.73. The molecular weight excluding hydrogens is 363 g/mol. The van der Waals surface area contributed by atoms with Crippen molar-refractivity contribution in [3.05, 3.63) is 71.8 Å². The Morgan fingerprint density at radius 2 is 1.75 bits per heavy atom. The molecular formula is C23H18F3NO. The van der Waals surface area contributed by atoms with Gasteiger partial charge in [-0.15, -0.1) is 5.92 Å². The molecule has 1 unspecified atom stereocenters. The van der Waals surface area contributed by atoms with Crippen LogP contribution in [0.3, 0.4) is 0 Å². The number of fused-ring (bicyclic) bond motifs is 1. The fourth-order valence-corrected chi connectivity index (χ4v) is 3.05. The van der Waals surface area contributed by atoms with Crippen LogP contribution in [0.4, 0.5) is 13.2 Å². The fraction of sp³-hybridized carbons (Fsp3) is 0.174. The van der Waals surface area contributed by atoms with E-state index in [9.17, 15) is 18.0 Å². The van der Waals surface area contributed by atoms with Gasteiger partial charge in [0.25, 0.3) is 5.91 Å². The molecule has 1 amide bonds. The summed E-state index contributed by atoms with van der Waals surface area (Å²) in [5.41, 5.74) is 1.31. The van der Waals surface area contributed by atoms with Crippen molar-refractivity contribution in [2.45, 2.75) is 26.1 Å². The molecule has 2 nitrogen and oxygen atoms in total. The molecule has 0 heterocycles. The van der Waals surface area contributed by atoms with Gasteiger partial charge >= 0.3 is 6.18 Å². The third-order valence-corrected chi connectivity index (χ3v) is 4.37. The third-order valence-electron chi connectivity index (χ3n) is 4.37. The van der Waals surface area contributed by atoms with Gasteiger partial charge in [0.2, 0.25) is 0 Å². The molecule has 1 atom stereocenters. The number of carbonyl (C=O) groups excluding carboxylic acids is 1. The van der Waals surface area contributed by atoms with Crippen LogP contribution in [0.25, 0.3) is 21.9 Å². The van der Waals surface area contributed by atoms with Gasteiger partial charge in [-0.2, -0.15) is 13.2 Å². The highest BCUT2D eigenvalue weighted by molar-refractivity contribution is 6.02. The number of hydrogen-bond donors (Lipinski definition) is 1. The highest BCUT2D eigenvalue weighted by Crippen LogP contribution is 2.33. The molecule has 0 fully saturated rings. The fourth-order valence-electron chi connectivity index (χ4n) is 3.05. The molecule has 0 spiro atoms. The molecule has 0 saturated carbocycles. The molecule has 3 aromatic carbocycles. The van der Waals surface area contributed by atoms with E-state index in [1.807, 2.05) is 24.3 Å². The van der Waals surface area contributed by atoms with Crippen LogP contribution in [-0.2, 0) is 6.18 Å². The number of halogens is 3. The van der Waals surface area contributed by atoms with Gasteiger partial charge in [0, 0.05) is 5.56 Å². The summed E-state index contributed by atoms with van der Waals surface area (Å²) in [6.07, 6.45) is -4.36. The van der Waals surface area contributed by atoms with Crippen LogP contribution in [0.5, 0.6) is 0 Å². The molecule has 28 heavy (non-hydrogen) atoms. The summed E-state index contributed by atoms with van der Waals surface area (Å²) in [4.78, 5) is 12.4. The quantitative estimate of drug-likeness (QED) is 0.582. The van der Waals surface area contributed by atoms with Gasteiger partial charge in [0.05, 0.1) is 11.6 Å². The molecule has 0 aliphatic heterocycles. The van der Waals surface area contributed by atoms with Crippen molar-refractivity contribution >= 4 is 16.7 Å². The van der Waals surface area contributed by atoms with Crippen LogP contribution in [0.1, 0.15) is 29.8 Å². The highest BCUT2D eigenvalue weighted by atomic mass is 19.4. The predicted octanol–water partition coefficient (Wildman–Crippen LogP) is 5.67. The van der Waals surface area contributed by atoms with Gasteiger partial charge in [0.15, 0.2) is 0 Å². The van der Waals surface area contributed by atoms with Crippen LogP contribution >= 0.6 is 0 Å². The van der Waals surface area contributed by atoms with Crippen LogP contribution in [0, 0.1) is 11.8 Å². The minimum absolute atomic E-state index is 0.225. The first-order valence-corrected chi connectivity index (χ1v) is 8.73. The van der Waals surface area contributed by atoms with Crippen LogP contribution in [0.15, 0.2) is 60.7 Å². The molecule has 0 aliphatic carbocycles. The average molecular weight is 381 g/mol. The number of hydrogen-bond acceptors (Lipinski definition) is 1. The first kappa shape index (κ1) is 19.5. The van der Waals surface area contributed by atoms with Crippen molar-refractivity contribution in [1.82, 2.24) is 5.32 Å². The third kappa shape index (κ3) is 4.17. The van der Waals surface area contributed by atoms with Crippen molar-refractivity contribution in [2.75, 3.05) is 0 Å². The highest BCUT2D eigenvalue weighted by Gasteiger charge is 2.30. The molecule has 3 aromatic rings. The van der Waals surface area contributed by atoms with Crippen molar-refractivity contribution in [1.29, 1.82) is 0 Å². The summed E-state index contributed by atoms with van der Waals surface area (Å²) >= 11 is 0. The zero-order valence-corrected chi connectivity index (χ0v) is 15.4. The second-order valence-electron chi connectivity index (χ2n) is 6.41. The van der Waals surface area contributed by atoms with Gasteiger partial charge in [0.1, 0.15) is 0 Å². The summed E-state index contributed by atoms with van der Waals surface area (Å²) in [7, 11) is 0. The second kappa shape index (κ2) is 7.77. The SMILES string of the molecule is CC#CC(C)NC(=O)c1ccc2c(-c3ccc(C(F)(F)F)cc3)cccc2c1. The predicted molar refractivity (Wildman–Crippen MR) is 105 cm³/mol. The topological polar surface area (TPSA) is 29.1 Å². The van der Waals surface area contributed by atoms with Gasteiger partial charge in [-0.05, 0) is 60.0 Å². The lowest BCUT2D eigenvalue weighted by molar-refractivity contribution is -0.137. The van der Waals surface area contributed by atoms with E-state index in [0.717, 1.165) is 28.5 Å². The summed E-state index contributed by atoms with van der Waals surface area (Å²) in [6.45, 7) is 3.51. The summed E-state index contributed by atoms with van der Waals surface area (Å²) < 4.78 is 38.4. The van der Waals surface area contributed by atoms with Crippen LogP contribution < -0.4 is 5.32 Å². The molecule has 0 aliphatic rings. The van der Waals surface area contributed by atoms with Crippen molar-refractivity contribution in [2.24, 2.45) is 0 Å². The number of alkyl halides is 3. The monoisotopic (exact) mass is 381 g/mol. The number of rotatable bonds is 3. The van der Waals surface area contributed by atoms with Gasteiger partial charge in [-0.1, -0.05) is 42.3 Å². The molecule has 0 aromatic heterocycles. The van der Waals surface area contributed by atoms with E-state index in [1.54, 1.807) is 26.0 Å². The van der Waals surface area contributed by atoms with E-state index in [-0.39, 0.29) is 11.9 Å². The Morgan fingerprint density at radius 3 is 2.39 bits per heavy atom. The van der Waals surface area contributed by atoms with E-state index in [1.165, 1.54) is 12.1 Å². The molecule has 142 valence electrons. The van der Waals surface area contributed by atoms with E-state index in [4.69, 9.17) is 0 Å². The minimum atomic E-state index is -4.36. The maximum absolute atomic E-state index is 12.8. The molecule has 1 N–H and O–H groups in total. The van der Waals surface area contributed by atoms with E-state index in [0.29, 0.717) is 11.1 Å². The number of carbonyl (C=O) groups is 1. The van der Waals surface area contributed by atoms with E-state index >= 15 is 0 Å².